The number of nitrogens with zero attached hydrogens (tertiary/aromatic N) is 1. The summed E-state index contributed by atoms with van der Waals surface area (Å²) in [6.45, 7) is 11.6. The van der Waals surface area contributed by atoms with Crippen LogP contribution in [0.15, 0.2) is 12.1 Å². The molecule has 2 N–H and O–H groups in total. The molecule has 0 spiro atoms. The second-order valence-corrected chi connectivity index (χ2v) is 5.38. The molecule has 0 fully saturated rings. The third-order valence-corrected chi connectivity index (χ3v) is 3.70. The van der Waals surface area contributed by atoms with Crippen molar-refractivity contribution in [1.82, 2.24) is 0 Å². The summed E-state index contributed by atoms with van der Waals surface area (Å²) in [5.41, 5.74) is 11.2. The molecule has 0 bridgehead atoms. The molecule has 0 saturated heterocycles. The van der Waals surface area contributed by atoms with E-state index >= 15 is 0 Å². The lowest BCUT2D eigenvalue weighted by molar-refractivity contribution is 0.479. The molecule has 0 saturated carbocycles. The third kappa shape index (κ3) is 3.01. The lowest BCUT2D eigenvalue weighted by Gasteiger charge is -2.33. The van der Waals surface area contributed by atoms with Crippen LogP contribution in [0, 0.1) is 26.7 Å². The van der Waals surface area contributed by atoms with Crippen LogP contribution in [0.5, 0.6) is 0 Å². The molecule has 1 aromatic rings. The largest absolute Gasteiger partial charge is 0.370 e. The van der Waals surface area contributed by atoms with Gasteiger partial charge in [0.25, 0.3) is 0 Å². The second-order valence-electron chi connectivity index (χ2n) is 5.38. The van der Waals surface area contributed by atoms with E-state index in [1.165, 1.54) is 22.4 Å². The molecule has 1 atom stereocenters. The van der Waals surface area contributed by atoms with E-state index in [4.69, 9.17) is 5.73 Å². The number of anilines is 1. The van der Waals surface area contributed by atoms with E-state index in [0.717, 1.165) is 0 Å². The smallest absolute Gasteiger partial charge is 0.0432 e. The highest BCUT2D eigenvalue weighted by Gasteiger charge is 2.19. The van der Waals surface area contributed by atoms with Crippen molar-refractivity contribution in [2.45, 2.75) is 40.7 Å². The van der Waals surface area contributed by atoms with Crippen molar-refractivity contribution in [3.8, 4) is 0 Å². The lowest BCUT2D eigenvalue weighted by Crippen LogP contribution is -2.42. The summed E-state index contributed by atoms with van der Waals surface area (Å²) < 4.78 is 0. The Morgan fingerprint density at radius 3 is 2.06 bits per heavy atom. The van der Waals surface area contributed by atoms with Crippen LogP contribution in [0.4, 0.5) is 5.69 Å². The minimum Gasteiger partial charge on any atom is -0.370 e. The molecular formula is C15H26N2. The minimum atomic E-state index is 0.399. The van der Waals surface area contributed by atoms with Gasteiger partial charge in [0.2, 0.25) is 0 Å². The van der Waals surface area contributed by atoms with Gasteiger partial charge in [0.15, 0.2) is 0 Å². The lowest BCUT2D eigenvalue weighted by atomic mass is 9.99. The first-order chi connectivity index (χ1) is 7.88. The average Bonchev–Trinajstić information content (AvgIpc) is 2.23. The predicted octanol–water partition coefficient (Wildman–Crippen LogP) is 3.03. The van der Waals surface area contributed by atoms with E-state index in [9.17, 15) is 0 Å². The fourth-order valence-corrected chi connectivity index (χ4v) is 2.38. The van der Waals surface area contributed by atoms with Gasteiger partial charge in [-0.25, -0.2) is 0 Å². The predicted molar refractivity (Wildman–Crippen MR) is 76.7 cm³/mol. The van der Waals surface area contributed by atoms with Crippen LogP contribution in [-0.4, -0.2) is 19.6 Å². The SMILES string of the molecule is Cc1cc(C)c(N(C)C(CN)C(C)C)cc1C. The van der Waals surface area contributed by atoms with Crippen molar-refractivity contribution in [2.24, 2.45) is 11.7 Å². The van der Waals surface area contributed by atoms with E-state index in [-0.39, 0.29) is 0 Å². The maximum absolute atomic E-state index is 5.89. The number of nitrogens with two attached hydrogens (primary N) is 1. The van der Waals surface area contributed by atoms with Crippen LogP contribution >= 0.6 is 0 Å². The van der Waals surface area contributed by atoms with E-state index < -0.39 is 0 Å². The molecule has 0 heterocycles. The van der Waals surface area contributed by atoms with Gasteiger partial charge in [0.05, 0.1) is 0 Å². The Morgan fingerprint density at radius 2 is 1.59 bits per heavy atom. The van der Waals surface area contributed by atoms with Crippen LogP contribution < -0.4 is 10.6 Å². The molecule has 0 aliphatic rings. The average molecular weight is 234 g/mol. The molecular weight excluding hydrogens is 208 g/mol. The Morgan fingerprint density at radius 1 is 1.06 bits per heavy atom. The number of rotatable bonds is 4. The van der Waals surface area contributed by atoms with Crippen molar-refractivity contribution in [1.29, 1.82) is 0 Å². The van der Waals surface area contributed by atoms with Gasteiger partial charge in [-0.3, -0.25) is 0 Å². The normalized spacial score (nSPS) is 12.9. The van der Waals surface area contributed by atoms with Gasteiger partial charge < -0.3 is 10.6 Å². The molecule has 0 aromatic heterocycles. The van der Waals surface area contributed by atoms with Gasteiger partial charge in [-0.1, -0.05) is 19.9 Å². The van der Waals surface area contributed by atoms with E-state index in [1.807, 2.05) is 0 Å². The molecule has 1 unspecified atom stereocenters. The van der Waals surface area contributed by atoms with Gasteiger partial charge in [-0.05, 0) is 49.4 Å². The topological polar surface area (TPSA) is 29.3 Å². The van der Waals surface area contributed by atoms with Crippen LogP contribution in [0.3, 0.4) is 0 Å². The minimum absolute atomic E-state index is 0.399. The molecule has 0 aliphatic carbocycles. The first kappa shape index (κ1) is 14.0. The molecule has 96 valence electrons. The fraction of sp³-hybridized carbons (Fsp3) is 0.600. The summed E-state index contributed by atoms with van der Waals surface area (Å²) in [5, 5.41) is 0. The van der Waals surface area contributed by atoms with E-state index in [0.29, 0.717) is 18.5 Å². The summed E-state index contributed by atoms with van der Waals surface area (Å²) in [6, 6.07) is 4.93. The Kier molecular flexibility index (Phi) is 4.58. The zero-order valence-corrected chi connectivity index (χ0v) is 12.0. The van der Waals surface area contributed by atoms with Gasteiger partial charge in [-0.15, -0.1) is 0 Å². The van der Waals surface area contributed by atoms with Crippen LogP contribution in [-0.2, 0) is 0 Å². The first-order valence-corrected chi connectivity index (χ1v) is 6.39. The Labute approximate surface area is 106 Å². The number of likely N-dealkylation sites (N-methyl/N-ethyl adjacent to an activating group) is 1. The molecule has 0 radical (unpaired) electrons. The van der Waals surface area contributed by atoms with E-state index in [2.05, 4.69) is 58.7 Å². The Balaban J connectivity index is 3.11. The van der Waals surface area contributed by atoms with Gasteiger partial charge in [0.1, 0.15) is 0 Å². The number of aryl methyl sites for hydroxylation is 3. The van der Waals surface area contributed by atoms with Crippen molar-refractivity contribution >= 4 is 5.69 Å². The number of hydrogen-bond donors (Lipinski definition) is 1. The number of benzene rings is 1. The van der Waals surface area contributed by atoms with E-state index in [1.54, 1.807) is 0 Å². The summed E-state index contributed by atoms with van der Waals surface area (Å²) in [5.74, 6) is 0.561. The van der Waals surface area contributed by atoms with Gasteiger partial charge >= 0.3 is 0 Å². The quantitative estimate of drug-likeness (QED) is 0.867. The molecule has 17 heavy (non-hydrogen) atoms. The van der Waals surface area contributed by atoms with Crippen molar-refractivity contribution < 1.29 is 0 Å². The Hall–Kier alpha value is -1.02. The molecule has 1 rings (SSSR count). The zero-order valence-electron chi connectivity index (χ0n) is 12.0. The van der Waals surface area contributed by atoms with Crippen LogP contribution in [0.25, 0.3) is 0 Å². The van der Waals surface area contributed by atoms with Crippen molar-refractivity contribution in [2.75, 3.05) is 18.5 Å². The Bertz CT molecular complexity index is 383. The first-order valence-electron chi connectivity index (χ1n) is 6.39. The van der Waals surface area contributed by atoms with Gasteiger partial charge in [-0.2, -0.15) is 0 Å². The molecule has 1 aromatic carbocycles. The van der Waals surface area contributed by atoms with Crippen LogP contribution in [0.1, 0.15) is 30.5 Å². The molecule has 0 aliphatic heterocycles. The van der Waals surface area contributed by atoms with Crippen molar-refractivity contribution in [3.05, 3.63) is 28.8 Å². The summed E-state index contributed by atoms with van der Waals surface area (Å²) in [4.78, 5) is 2.33. The molecule has 2 heteroatoms. The van der Waals surface area contributed by atoms with Crippen molar-refractivity contribution in [3.63, 3.8) is 0 Å². The molecule has 0 amide bonds. The standard InChI is InChI=1S/C15H26N2/c1-10(2)15(9-16)17(6)14-8-12(4)11(3)7-13(14)5/h7-8,10,15H,9,16H2,1-6H3. The summed E-state index contributed by atoms with van der Waals surface area (Å²) in [6.07, 6.45) is 0. The zero-order chi connectivity index (χ0) is 13.2. The third-order valence-electron chi connectivity index (χ3n) is 3.70. The monoisotopic (exact) mass is 234 g/mol. The highest BCUT2D eigenvalue weighted by atomic mass is 15.1. The fourth-order valence-electron chi connectivity index (χ4n) is 2.38. The number of hydrogen-bond acceptors (Lipinski definition) is 2. The summed E-state index contributed by atoms with van der Waals surface area (Å²) in [7, 11) is 2.15. The maximum Gasteiger partial charge on any atom is 0.0432 e. The maximum atomic E-state index is 5.89. The molecule has 2 nitrogen and oxygen atoms in total. The second kappa shape index (κ2) is 5.54. The van der Waals surface area contributed by atoms with Crippen LogP contribution in [0.2, 0.25) is 0 Å². The highest BCUT2D eigenvalue weighted by Crippen LogP contribution is 2.26. The van der Waals surface area contributed by atoms with Gasteiger partial charge in [0, 0.05) is 25.3 Å². The summed E-state index contributed by atoms with van der Waals surface area (Å²) >= 11 is 0. The highest BCUT2D eigenvalue weighted by molar-refractivity contribution is 5.57.